The lowest BCUT2D eigenvalue weighted by molar-refractivity contribution is 0.0573. The molecule has 39 heavy (non-hydrogen) atoms. The smallest absolute Gasteiger partial charge is 0.277 e. The van der Waals surface area contributed by atoms with E-state index >= 15 is 0 Å². The van der Waals surface area contributed by atoms with Gasteiger partial charge in [0.1, 0.15) is 12.4 Å². The van der Waals surface area contributed by atoms with E-state index in [1.54, 1.807) is 13.0 Å². The summed E-state index contributed by atoms with van der Waals surface area (Å²) < 4.78 is 48.3. The normalized spacial score (nSPS) is 12.6. The molecule has 10 heteroatoms. The molecule has 4 aromatic rings. The van der Waals surface area contributed by atoms with Crippen LogP contribution in [0.4, 0.5) is 4.39 Å². The van der Waals surface area contributed by atoms with Crippen LogP contribution in [0.15, 0.2) is 81.4 Å². The summed E-state index contributed by atoms with van der Waals surface area (Å²) in [5, 5.41) is 10.8. The summed E-state index contributed by atoms with van der Waals surface area (Å²) in [6.45, 7) is 7.00. The summed E-state index contributed by atoms with van der Waals surface area (Å²) in [5.74, 6) is -1.39. The van der Waals surface area contributed by atoms with E-state index in [2.05, 4.69) is 9.97 Å². The Morgan fingerprint density at radius 2 is 1.72 bits per heavy atom. The summed E-state index contributed by atoms with van der Waals surface area (Å²) in [6, 6.07) is 15.9. The van der Waals surface area contributed by atoms with Crippen molar-refractivity contribution in [3.05, 3.63) is 100 Å². The molecule has 0 aliphatic heterocycles. The van der Waals surface area contributed by atoms with Gasteiger partial charge in [0, 0.05) is 11.8 Å². The van der Waals surface area contributed by atoms with Crippen molar-refractivity contribution in [2.24, 2.45) is 0 Å². The summed E-state index contributed by atoms with van der Waals surface area (Å²) in [6.07, 6.45) is 1.60. The third-order valence-electron chi connectivity index (χ3n) is 6.44. The van der Waals surface area contributed by atoms with Gasteiger partial charge < -0.3 is 9.84 Å². The first-order valence-electron chi connectivity index (χ1n) is 12.5. The Balaban J connectivity index is 1.86. The molecule has 2 aromatic heterocycles. The predicted molar refractivity (Wildman–Crippen MR) is 145 cm³/mol. The molecule has 0 radical (unpaired) electrons. The van der Waals surface area contributed by atoms with Gasteiger partial charge in [0.2, 0.25) is 21.7 Å². The van der Waals surface area contributed by atoms with E-state index in [0.717, 1.165) is 5.56 Å². The molecule has 1 N–H and O–H groups in total. The topological polar surface area (TPSA) is 111 Å². The zero-order valence-electron chi connectivity index (χ0n) is 22.1. The standard InChI is InChI=1S/C29H30FN3O5S/c1-5-24(21-9-7-6-8-10-21)33-25(17-38-18(2)3)32-28(34)26(29(33)35)39(36,37)22-13-11-20(12-14-22)23-15-16-31-27(30)19(23)4/h6-16,18,24,34H,5,17H2,1-4H3. The van der Waals surface area contributed by atoms with Gasteiger partial charge in [-0.3, -0.25) is 9.36 Å². The third kappa shape index (κ3) is 5.62. The molecule has 0 aliphatic rings. The van der Waals surface area contributed by atoms with Gasteiger partial charge in [-0.05, 0) is 62.1 Å². The van der Waals surface area contributed by atoms with Gasteiger partial charge in [-0.2, -0.15) is 9.37 Å². The van der Waals surface area contributed by atoms with Crippen molar-refractivity contribution < 1.29 is 22.7 Å². The van der Waals surface area contributed by atoms with E-state index in [4.69, 9.17) is 4.74 Å². The first-order valence-corrected chi connectivity index (χ1v) is 14.0. The second-order valence-electron chi connectivity index (χ2n) is 9.35. The van der Waals surface area contributed by atoms with Crippen LogP contribution in [0.25, 0.3) is 11.1 Å². The summed E-state index contributed by atoms with van der Waals surface area (Å²) in [7, 11) is -4.49. The molecule has 0 saturated carbocycles. The van der Waals surface area contributed by atoms with Gasteiger partial charge in [0.05, 0.1) is 17.0 Å². The average molecular weight is 552 g/mol. The quantitative estimate of drug-likeness (QED) is 0.284. The minimum absolute atomic E-state index is 0.0966. The summed E-state index contributed by atoms with van der Waals surface area (Å²) in [4.78, 5) is 20.6. The molecule has 0 aliphatic carbocycles. The Labute approximate surface area is 226 Å². The minimum Gasteiger partial charge on any atom is -0.492 e. The number of pyridine rings is 1. The third-order valence-corrected chi connectivity index (χ3v) is 8.23. The van der Waals surface area contributed by atoms with Gasteiger partial charge in [-0.15, -0.1) is 0 Å². The Kier molecular flexibility index (Phi) is 8.27. The highest BCUT2D eigenvalue weighted by Gasteiger charge is 2.32. The van der Waals surface area contributed by atoms with Crippen LogP contribution in [0.3, 0.4) is 0 Å². The summed E-state index contributed by atoms with van der Waals surface area (Å²) in [5.41, 5.74) is 1.35. The Morgan fingerprint density at radius 3 is 2.33 bits per heavy atom. The molecule has 2 aromatic carbocycles. The highest BCUT2D eigenvalue weighted by molar-refractivity contribution is 7.91. The maximum atomic E-state index is 13.9. The summed E-state index contributed by atoms with van der Waals surface area (Å²) >= 11 is 0. The number of aromatic nitrogens is 3. The lowest BCUT2D eigenvalue weighted by atomic mass is 10.0. The lowest BCUT2D eigenvalue weighted by Crippen LogP contribution is -2.34. The molecular formula is C29H30FN3O5S. The molecule has 0 amide bonds. The molecule has 2 heterocycles. The van der Waals surface area contributed by atoms with Crippen LogP contribution in [-0.2, 0) is 21.2 Å². The maximum Gasteiger partial charge on any atom is 0.277 e. The van der Waals surface area contributed by atoms with Crippen LogP contribution in [0.5, 0.6) is 5.88 Å². The number of benzene rings is 2. The monoisotopic (exact) mass is 551 g/mol. The Bertz CT molecular complexity index is 1640. The number of hydrogen-bond donors (Lipinski definition) is 1. The van der Waals surface area contributed by atoms with Crippen LogP contribution >= 0.6 is 0 Å². The SMILES string of the molecule is CCC(c1ccccc1)n1c(COC(C)C)nc(O)c(S(=O)(=O)c2ccc(-c3ccnc(F)c3C)cc2)c1=O. The van der Waals surface area contributed by atoms with Crippen molar-refractivity contribution in [3.63, 3.8) is 0 Å². The molecule has 0 fully saturated rings. The molecule has 4 rings (SSSR count). The fourth-order valence-corrected chi connectivity index (χ4v) is 5.79. The fraction of sp³-hybridized carbons (Fsp3) is 0.276. The molecule has 1 unspecified atom stereocenters. The second kappa shape index (κ2) is 11.5. The van der Waals surface area contributed by atoms with Gasteiger partial charge in [-0.1, -0.05) is 49.4 Å². The Morgan fingerprint density at radius 1 is 1.05 bits per heavy atom. The maximum absolute atomic E-state index is 13.9. The number of nitrogens with zero attached hydrogens (tertiary/aromatic N) is 3. The highest BCUT2D eigenvalue weighted by Crippen LogP contribution is 2.30. The highest BCUT2D eigenvalue weighted by atomic mass is 32.2. The van der Waals surface area contributed by atoms with Crippen molar-refractivity contribution in [3.8, 4) is 17.0 Å². The van der Waals surface area contributed by atoms with Crippen LogP contribution in [-0.4, -0.2) is 34.2 Å². The number of hydrogen-bond acceptors (Lipinski definition) is 7. The lowest BCUT2D eigenvalue weighted by Gasteiger charge is -2.23. The van der Waals surface area contributed by atoms with Crippen molar-refractivity contribution in [2.75, 3.05) is 0 Å². The zero-order valence-corrected chi connectivity index (χ0v) is 22.9. The molecule has 0 spiro atoms. The molecule has 1 atom stereocenters. The van der Waals surface area contributed by atoms with E-state index in [-0.39, 0.29) is 23.4 Å². The van der Waals surface area contributed by atoms with Crippen LogP contribution in [0.1, 0.15) is 50.2 Å². The largest absolute Gasteiger partial charge is 0.492 e. The van der Waals surface area contributed by atoms with Crippen LogP contribution < -0.4 is 5.56 Å². The molecule has 0 saturated heterocycles. The van der Waals surface area contributed by atoms with E-state index in [1.165, 1.54) is 35.0 Å². The van der Waals surface area contributed by atoms with Gasteiger partial charge in [0.15, 0.2) is 4.90 Å². The van der Waals surface area contributed by atoms with E-state index in [9.17, 15) is 22.7 Å². The minimum atomic E-state index is -4.49. The van der Waals surface area contributed by atoms with Crippen LogP contribution in [0, 0.1) is 12.9 Å². The van der Waals surface area contributed by atoms with E-state index in [1.807, 2.05) is 51.1 Å². The molecule has 204 valence electrons. The molecule has 0 bridgehead atoms. The van der Waals surface area contributed by atoms with Crippen LogP contribution in [0.2, 0.25) is 0 Å². The average Bonchev–Trinajstić information content (AvgIpc) is 2.91. The number of rotatable bonds is 9. The van der Waals surface area contributed by atoms with Gasteiger partial charge in [-0.25, -0.2) is 13.4 Å². The van der Waals surface area contributed by atoms with Crippen molar-refractivity contribution in [1.29, 1.82) is 0 Å². The second-order valence-corrected chi connectivity index (χ2v) is 11.2. The molecular weight excluding hydrogens is 521 g/mol. The van der Waals surface area contributed by atoms with E-state index < -0.39 is 38.2 Å². The van der Waals surface area contributed by atoms with Crippen molar-refractivity contribution in [1.82, 2.24) is 14.5 Å². The number of ether oxygens (including phenoxy) is 1. The first-order chi connectivity index (χ1) is 18.6. The molecule has 8 nitrogen and oxygen atoms in total. The van der Waals surface area contributed by atoms with Crippen molar-refractivity contribution in [2.45, 2.75) is 62.7 Å². The zero-order chi connectivity index (χ0) is 28.3. The number of aromatic hydroxyl groups is 1. The number of sulfone groups is 1. The fourth-order valence-electron chi connectivity index (χ4n) is 4.45. The van der Waals surface area contributed by atoms with E-state index in [0.29, 0.717) is 23.1 Å². The van der Waals surface area contributed by atoms with Gasteiger partial charge >= 0.3 is 0 Å². The Hall–Kier alpha value is -3.89. The predicted octanol–water partition coefficient (Wildman–Crippen LogP) is 5.22. The number of halogens is 1. The first kappa shape index (κ1) is 28.1. The van der Waals surface area contributed by atoms with Gasteiger partial charge in [0.25, 0.3) is 5.56 Å². The van der Waals surface area contributed by atoms with Crippen molar-refractivity contribution >= 4 is 9.84 Å².